The van der Waals surface area contributed by atoms with E-state index in [9.17, 15) is 29.3 Å². The maximum absolute atomic E-state index is 14.5. The number of nitrogens with zero attached hydrogens (tertiary/aromatic N) is 2. The van der Waals surface area contributed by atoms with E-state index in [1.165, 1.54) is 0 Å². The van der Waals surface area contributed by atoms with Gasteiger partial charge in [-0.25, -0.2) is 14.0 Å². The lowest BCUT2D eigenvalue weighted by atomic mass is 10.1. The van der Waals surface area contributed by atoms with Gasteiger partial charge in [0.05, 0.1) is 25.0 Å². The van der Waals surface area contributed by atoms with Crippen LogP contribution in [0.3, 0.4) is 0 Å². The molecule has 0 spiro atoms. The lowest BCUT2D eigenvalue weighted by Crippen LogP contribution is -2.42. The first kappa shape index (κ1) is 25.5. The molecule has 2 aliphatic heterocycles. The zero-order valence-corrected chi connectivity index (χ0v) is 18.6. The van der Waals surface area contributed by atoms with E-state index in [1.807, 2.05) is 6.92 Å². The summed E-state index contributed by atoms with van der Waals surface area (Å²) in [6.45, 7) is 5.24. The molecule has 0 aromatic carbocycles. The molecule has 13 heteroatoms. The van der Waals surface area contributed by atoms with Crippen molar-refractivity contribution in [3.8, 4) is 0 Å². The van der Waals surface area contributed by atoms with Gasteiger partial charge in [0.15, 0.2) is 24.2 Å². The van der Waals surface area contributed by atoms with Crippen LogP contribution < -0.4 is 11.0 Å². The standard InChI is InChI=1S/C20H30FN3O9/c1-4-5-6-7-30-20(29)23-16-11(21)8-24(19(28)22-16)17-14(27)15(10(3)31-17)33-18-13(26)12(25)9(2)32-18/h8-10,12-15,17-18,25-27H,4-7H2,1-3H3,(H,22,23,28,29)/t9-,10-,12-,13-,14-,15-,17+,18+/m1/s1. The molecule has 2 saturated heterocycles. The molecule has 12 nitrogen and oxygen atoms in total. The summed E-state index contributed by atoms with van der Waals surface area (Å²) >= 11 is 0. The van der Waals surface area contributed by atoms with E-state index in [0.29, 0.717) is 6.42 Å². The predicted octanol–water partition coefficient (Wildman–Crippen LogP) is 0.251. The number of hydrogen-bond donors (Lipinski definition) is 4. The minimum absolute atomic E-state index is 0.148. The second-order valence-corrected chi connectivity index (χ2v) is 8.11. The number of carbonyl (C=O) groups is 1. The second-order valence-electron chi connectivity index (χ2n) is 8.11. The highest BCUT2D eigenvalue weighted by Gasteiger charge is 2.49. The van der Waals surface area contributed by atoms with E-state index in [-0.39, 0.29) is 6.61 Å². The van der Waals surface area contributed by atoms with Crippen LogP contribution in [0.4, 0.5) is 15.0 Å². The fourth-order valence-electron chi connectivity index (χ4n) is 3.68. The Labute approximate surface area is 189 Å². The largest absolute Gasteiger partial charge is 0.449 e. The van der Waals surface area contributed by atoms with E-state index >= 15 is 0 Å². The number of rotatable bonds is 8. The van der Waals surface area contributed by atoms with Crippen LogP contribution in [-0.2, 0) is 18.9 Å². The Balaban J connectivity index is 1.67. The minimum atomic E-state index is -1.45. The predicted molar refractivity (Wildman–Crippen MR) is 110 cm³/mol. The number of unbranched alkanes of at least 4 members (excludes halogenated alkanes) is 2. The highest BCUT2D eigenvalue weighted by atomic mass is 19.1. The van der Waals surface area contributed by atoms with Crippen molar-refractivity contribution < 1.29 is 43.5 Å². The number of anilines is 1. The highest BCUT2D eigenvalue weighted by Crippen LogP contribution is 2.33. The van der Waals surface area contributed by atoms with E-state index in [1.54, 1.807) is 13.8 Å². The van der Waals surface area contributed by atoms with E-state index in [2.05, 4.69) is 10.3 Å². The van der Waals surface area contributed by atoms with Crippen LogP contribution in [0.25, 0.3) is 0 Å². The number of amides is 1. The molecule has 0 radical (unpaired) electrons. The van der Waals surface area contributed by atoms with Gasteiger partial charge < -0.3 is 34.3 Å². The Hall–Kier alpha value is -2.16. The highest BCUT2D eigenvalue weighted by molar-refractivity contribution is 5.83. The van der Waals surface area contributed by atoms with Crippen LogP contribution in [0.15, 0.2) is 11.0 Å². The van der Waals surface area contributed by atoms with Crippen molar-refractivity contribution in [3.05, 3.63) is 22.5 Å². The molecule has 8 atom stereocenters. The molecule has 0 saturated carbocycles. The van der Waals surface area contributed by atoms with Crippen LogP contribution in [0.5, 0.6) is 0 Å². The van der Waals surface area contributed by atoms with Gasteiger partial charge in [0, 0.05) is 0 Å². The average Bonchev–Trinajstić information content (AvgIpc) is 3.18. The molecule has 1 aromatic rings. The van der Waals surface area contributed by atoms with Crippen molar-refractivity contribution >= 4 is 11.9 Å². The first-order chi connectivity index (χ1) is 15.6. The van der Waals surface area contributed by atoms with Gasteiger partial charge >= 0.3 is 11.8 Å². The van der Waals surface area contributed by atoms with Gasteiger partial charge in [-0.15, -0.1) is 0 Å². The molecule has 2 fully saturated rings. The van der Waals surface area contributed by atoms with E-state index in [0.717, 1.165) is 23.6 Å². The lowest BCUT2D eigenvalue weighted by molar-refractivity contribution is -0.207. The quantitative estimate of drug-likeness (QED) is 0.384. The van der Waals surface area contributed by atoms with Crippen molar-refractivity contribution in [1.82, 2.24) is 9.55 Å². The molecule has 1 aromatic heterocycles. The molecular weight excluding hydrogens is 445 g/mol. The van der Waals surface area contributed by atoms with Gasteiger partial charge in [-0.3, -0.25) is 9.88 Å². The van der Waals surface area contributed by atoms with Gasteiger partial charge in [-0.1, -0.05) is 19.8 Å². The molecular formula is C20H30FN3O9. The summed E-state index contributed by atoms with van der Waals surface area (Å²) in [5.41, 5.74) is -0.990. The third kappa shape index (κ3) is 5.67. The smallest absolute Gasteiger partial charge is 0.412 e. The fourth-order valence-corrected chi connectivity index (χ4v) is 3.68. The third-order valence-electron chi connectivity index (χ3n) is 5.58. The van der Waals surface area contributed by atoms with Crippen molar-refractivity contribution in [2.24, 2.45) is 0 Å². The molecule has 33 heavy (non-hydrogen) atoms. The van der Waals surface area contributed by atoms with Crippen molar-refractivity contribution in [2.75, 3.05) is 11.9 Å². The molecule has 3 rings (SSSR count). The van der Waals surface area contributed by atoms with Crippen LogP contribution in [0.2, 0.25) is 0 Å². The van der Waals surface area contributed by atoms with Crippen molar-refractivity contribution in [2.45, 2.75) is 89.2 Å². The summed E-state index contributed by atoms with van der Waals surface area (Å²) in [6.07, 6.45) is -6.79. The van der Waals surface area contributed by atoms with Crippen LogP contribution in [-0.4, -0.2) is 80.5 Å². The third-order valence-corrected chi connectivity index (χ3v) is 5.58. The maximum Gasteiger partial charge on any atom is 0.412 e. The fraction of sp³-hybridized carbons (Fsp3) is 0.750. The summed E-state index contributed by atoms with van der Waals surface area (Å²) in [5, 5.41) is 32.6. The number of ether oxygens (including phenoxy) is 4. The number of carbonyl (C=O) groups excluding carboxylic acids is 1. The van der Waals surface area contributed by atoms with Gasteiger partial charge in [0.1, 0.15) is 24.4 Å². The molecule has 0 aliphatic carbocycles. The van der Waals surface area contributed by atoms with Crippen LogP contribution >= 0.6 is 0 Å². The van der Waals surface area contributed by atoms with Crippen molar-refractivity contribution in [3.63, 3.8) is 0 Å². The molecule has 1 amide bonds. The number of aliphatic hydroxyl groups excluding tert-OH is 3. The Kier molecular flexibility index (Phi) is 8.37. The first-order valence-corrected chi connectivity index (χ1v) is 10.9. The van der Waals surface area contributed by atoms with Gasteiger partial charge in [-0.2, -0.15) is 4.98 Å². The SMILES string of the molecule is CCCCCOC(=O)Nc1nc(=O)n([C@H]2O[C@H](C)[C@@H](O[C@@H]3O[C@H](C)[C@@H](O)[C@H]3O)[C@H]2O)cc1F. The summed E-state index contributed by atoms with van der Waals surface area (Å²) in [7, 11) is 0. The normalized spacial score (nSPS) is 33.9. The van der Waals surface area contributed by atoms with Gasteiger partial charge in [-0.05, 0) is 20.3 Å². The molecule has 4 N–H and O–H groups in total. The zero-order valence-electron chi connectivity index (χ0n) is 18.6. The number of hydrogen-bond acceptors (Lipinski definition) is 10. The topological polar surface area (TPSA) is 162 Å². The second kappa shape index (κ2) is 10.8. The molecule has 2 aliphatic rings. The zero-order chi connectivity index (χ0) is 24.3. The Bertz CT molecular complexity index is 885. The minimum Gasteiger partial charge on any atom is -0.449 e. The van der Waals surface area contributed by atoms with Crippen molar-refractivity contribution in [1.29, 1.82) is 0 Å². The number of nitrogens with one attached hydrogen (secondary N) is 1. The molecule has 0 unspecified atom stereocenters. The Morgan fingerprint density at radius 1 is 1.18 bits per heavy atom. The molecule has 0 bridgehead atoms. The van der Waals surface area contributed by atoms with Crippen LogP contribution in [0, 0.1) is 5.82 Å². The van der Waals surface area contributed by atoms with E-state index in [4.69, 9.17) is 18.9 Å². The average molecular weight is 475 g/mol. The maximum atomic E-state index is 14.5. The van der Waals surface area contributed by atoms with Crippen LogP contribution in [0.1, 0.15) is 46.3 Å². The molecule has 3 heterocycles. The Morgan fingerprint density at radius 2 is 1.91 bits per heavy atom. The summed E-state index contributed by atoms with van der Waals surface area (Å²) < 4.78 is 36.7. The first-order valence-electron chi connectivity index (χ1n) is 10.9. The summed E-state index contributed by atoms with van der Waals surface area (Å²) in [4.78, 5) is 27.8. The van der Waals surface area contributed by atoms with Gasteiger partial charge in [0.25, 0.3) is 0 Å². The lowest BCUT2D eigenvalue weighted by Gasteiger charge is -2.24. The summed E-state index contributed by atoms with van der Waals surface area (Å²) in [5.74, 6) is -1.66. The monoisotopic (exact) mass is 475 g/mol. The van der Waals surface area contributed by atoms with E-state index < -0.39 is 72.6 Å². The summed E-state index contributed by atoms with van der Waals surface area (Å²) in [6, 6.07) is 0. The molecule has 186 valence electrons. The number of aromatic nitrogens is 2. The number of aliphatic hydroxyl groups is 3. The Morgan fingerprint density at radius 3 is 2.55 bits per heavy atom. The number of halogens is 1. The van der Waals surface area contributed by atoms with Gasteiger partial charge in [0.2, 0.25) is 0 Å².